The van der Waals surface area contributed by atoms with Crippen LogP contribution in [0.5, 0.6) is 0 Å². The molecule has 4 heteroatoms. The minimum absolute atomic E-state index is 0.0298. The first-order valence-corrected chi connectivity index (χ1v) is 6.11. The van der Waals surface area contributed by atoms with Gasteiger partial charge in [-0.15, -0.1) is 0 Å². The molecule has 2 rings (SSSR count). The van der Waals surface area contributed by atoms with E-state index in [-0.39, 0.29) is 11.9 Å². The van der Waals surface area contributed by atoms with Crippen LogP contribution in [0.3, 0.4) is 0 Å². The highest BCUT2D eigenvalue weighted by Gasteiger charge is 2.17. The van der Waals surface area contributed by atoms with Gasteiger partial charge in [-0.25, -0.2) is 0 Å². The van der Waals surface area contributed by atoms with Crippen molar-refractivity contribution >= 4 is 28.5 Å². The number of carbonyl (C=O) groups is 1. The summed E-state index contributed by atoms with van der Waals surface area (Å²) in [6, 6.07) is 7.92. The number of carbonyl (C=O) groups excluding carboxylic acids is 1. The van der Waals surface area contributed by atoms with E-state index in [0.717, 1.165) is 28.6 Å². The van der Waals surface area contributed by atoms with Gasteiger partial charge in [0.2, 0.25) is 0 Å². The summed E-state index contributed by atoms with van der Waals surface area (Å²) in [6.45, 7) is 1.88. The van der Waals surface area contributed by atoms with Gasteiger partial charge in [0.15, 0.2) is 0 Å². The zero-order valence-corrected chi connectivity index (χ0v) is 10.5. The highest BCUT2D eigenvalue weighted by molar-refractivity contribution is 14.1. The molecule has 1 aromatic carbocycles. The highest BCUT2D eigenvalue weighted by Crippen LogP contribution is 2.08. The Kier molecular flexibility index (Phi) is 3.58. The van der Waals surface area contributed by atoms with Crippen LogP contribution in [0, 0.1) is 3.57 Å². The molecule has 1 aliphatic heterocycles. The molecule has 1 aromatic rings. The molecule has 0 saturated carbocycles. The van der Waals surface area contributed by atoms with E-state index >= 15 is 0 Å². The maximum Gasteiger partial charge on any atom is 0.251 e. The zero-order valence-electron chi connectivity index (χ0n) is 8.29. The third-order valence-electron chi connectivity index (χ3n) is 2.48. The molecule has 0 bridgehead atoms. The van der Waals surface area contributed by atoms with Gasteiger partial charge in [0.05, 0.1) is 0 Å². The lowest BCUT2D eigenvalue weighted by atomic mass is 10.2. The maximum absolute atomic E-state index is 11.8. The lowest BCUT2D eigenvalue weighted by Gasteiger charge is -2.11. The van der Waals surface area contributed by atoms with Gasteiger partial charge in [0.25, 0.3) is 5.91 Å². The predicted molar refractivity (Wildman–Crippen MR) is 67.9 cm³/mol. The summed E-state index contributed by atoms with van der Waals surface area (Å²) in [5.41, 5.74) is 0.744. The topological polar surface area (TPSA) is 41.1 Å². The first-order valence-electron chi connectivity index (χ1n) is 5.03. The van der Waals surface area contributed by atoms with Crippen molar-refractivity contribution in [2.24, 2.45) is 0 Å². The molecule has 80 valence electrons. The first-order chi connectivity index (χ1) is 7.25. The summed E-state index contributed by atoms with van der Waals surface area (Å²) in [5.74, 6) is 0.0298. The molecule has 1 heterocycles. The molecule has 0 aliphatic carbocycles. The standard InChI is InChI=1S/C11H13IN2O/c12-9-3-1-2-8(6-9)11(15)14-10-4-5-13-7-10/h1-3,6,10,13H,4-5,7H2,(H,14,15)/t10-/m1/s1. The van der Waals surface area contributed by atoms with Gasteiger partial charge in [0, 0.05) is 21.7 Å². The minimum Gasteiger partial charge on any atom is -0.348 e. The number of amides is 1. The Hall–Kier alpha value is -0.620. The highest BCUT2D eigenvalue weighted by atomic mass is 127. The quantitative estimate of drug-likeness (QED) is 0.810. The average molecular weight is 316 g/mol. The Morgan fingerprint density at radius 2 is 2.40 bits per heavy atom. The Morgan fingerprint density at radius 1 is 1.53 bits per heavy atom. The maximum atomic E-state index is 11.8. The molecule has 1 aliphatic rings. The molecule has 15 heavy (non-hydrogen) atoms. The molecular weight excluding hydrogens is 303 g/mol. The molecule has 0 spiro atoms. The lowest BCUT2D eigenvalue weighted by Crippen LogP contribution is -2.36. The summed E-state index contributed by atoms with van der Waals surface area (Å²) in [7, 11) is 0. The van der Waals surface area contributed by atoms with Crippen LogP contribution < -0.4 is 10.6 Å². The molecule has 0 aromatic heterocycles. The van der Waals surface area contributed by atoms with E-state index in [2.05, 4.69) is 33.2 Å². The molecule has 3 nitrogen and oxygen atoms in total. The van der Waals surface area contributed by atoms with Crippen molar-refractivity contribution in [3.8, 4) is 0 Å². The van der Waals surface area contributed by atoms with E-state index < -0.39 is 0 Å². The van der Waals surface area contributed by atoms with Gasteiger partial charge >= 0.3 is 0 Å². The Balaban J connectivity index is 2.01. The van der Waals surface area contributed by atoms with Gasteiger partial charge in [-0.2, -0.15) is 0 Å². The van der Waals surface area contributed by atoms with Crippen LogP contribution in [0.1, 0.15) is 16.8 Å². The van der Waals surface area contributed by atoms with Crippen LogP contribution in [-0.4, -0.2) is 25.0 Å². The van der Waals surface area contributed by atoms with Crippen molar-refractivity contribution < 1.29 is 4.79 Å². The summed E-state index contributed by atoms with van der Waals surface area (Å²) in [5, 5.41) is 6.24. The molecule has 0 radical (unpaired) electrons. The van der Waals surface area contributed by atoms with Crippen LogP contribution in [0.2, 0.25) is 0 Å². The molecular formula is C11H13IN2O. The van der Waals surface area contributed by atoms with Gasteiger partial charge in [0.1, 0.15) is 0 Å². The number of benzene rings is 1. The fourth-order valence-electron chi connectivity index (χ4n) is 1.68. The third kappa shape index (κ3) is 2.92. The lowest BCUT2D eigenvalue weighted by molar-refractivity contribution is 0.0940. The third-order valence-corrected chi connectivity index (χ3v) is 3.15. The number of halogens is 1. The Labute approximate surface area is 103 Å². The number of nitrogens with one attached hydrogen (secondary N) is 2. The molecule has 1 fully saturated rings. The van der Waals surface area contributed by atoms with Crippen molar-refractivity contribution in [3.05, 3.63) is 33.4 Å². The van der Waals surface area contributed by atoms with Crippen LogP contribution in [0.15, 0.2) is 24.3 Å². The Bertz CT molecular complexity index is 361. The van der Waals surface area contributed by atoms with Gasteiger partial charge in [-0.05, 0) is 53.8 Å². The fourth-order valence-corrected chi connectivity index (χ4v) is 2.22. The second-order valence-electron chi connectivity index (χ2n) is 3.67. The first kappa shape index (κ1) is 10.9. The van der Waals surface area contributed by atoms with Crippen LogP contribution in [0.4, 0.5) is 0 Å². The average Bonchev–Trinajstić information content (AvgIpc) is 2.70. The minimum atomic E-state index is 0.0298. The fraction of sp³-hybridized carbons (Fsp3) is 0.364. The number of hydrogen-bond acceptors (Lipinski definition) is 2. The number of rotatable bonds is 2. The molecule has 1 atom stereocenters. The van der Waals surface area contributed by atoms with Crippen LogP contribution >= 0.6 is 22.6 Å². The predicted octanol–water partition coefficient (Wildman–Crippen LogP) is 1.38. The van der Waals surface area contributed by atoms with Crippen molar-refractivity contribution in [1.82, 2.24) is 10.6 Å². The summed E-state index contributed by atoms with van der Waals surface area (Å²) in [6.07, 6.45) is 1.02. The summed E-state index contributed by atoms with van der Waals surface area (Å²) < 4.78 is 1.09. The smallest absolute Gasteiger partial charge is 0.251 e. The zero-order chi connectivity index (χ0) is 10.7. The number of hydrogen-bond donors (Lipinski definition) is 2. The SMILES string of the molecule is O=C(N[C@@H]1CCNC1)c1cccc(I)c1. The van der Waals surface area contributed by atoms with E-state index in [1.807, 2.05) is 24.3 Å². The normalized spacial score (nSPS) is 20.2. The molecule has 1 saturated heterocycles. The van der Waals surface area contributed by atoms with Crippen molar-refractivity contribution in [3.63, 3.8) is 0 Å². The van der Waals surface area contributed by atoms with E-state index in [4.69, 9.17) is 0 Å². The van der Waals surface area contributed by atoms with Crippen LogP contribution in [-0.2, 0) is 0 Å². The van der Waals surface area contributed by atoms with E-state index in [0.29, 0.717) is 0 Å². The van der Waals surface area contributed by atoms with Gasteiger partial charge in [-0.3, -0.25) is 4.79 Å². The van der Waals surface area contributed by atoms with Crippen molar-refractivity contribution in [2.45, 2.75) is 12.5 Å². The van der Waals surface area contributed by atoms with E-state index in [9.17, 15) is 4.79 Å². The Morgan fingerprint density at radius 3 is 3.07 bits per heavy atom. The monoisotopic (exact) mass is 316 g/mol. The van der Waals surface area contributed by atoms with Gasteiger partial charge in [-0.1, -0.05) is 6.07 Å². The molecule has 2 N–H and O–H groups in total. The van der Waals surface area contributed by atoms with Crippen molar-refractivity contribution in [1.29, 1.82) is 0 Å². The van der Waals surface area contributed by atoms with E-state index in [1.54, 1.807) is 0 Å². The van der Waals surface area contributed by atoms with Crippen LogP contribution in [0.25, 0.3) is 0 Å². The molecule has 1 amide bonds. The van der Waals surface area contributed by atoms with Gasteiger partial charge < -0.3 is 10.6 Å². The second-order valence-corrected chi connectivity index (χ2v) is 4.92. The van der Waals surface area contributed by atoms with Crippen molar-refractivity contribution in [2.75, 3.05) is 13.1 Å². The molecule has 0 unspecified atom stereocenters. The van der Waals surface area contributed by atoms with E-state index in [1.165, 1.54) is 0 Å². The second kappa shape index (κ2) is 4.94. The summed E-state index contributed by atoms with van der Waals surface area (Å²) >= 11 is 2.21. The largest absolute Gasteiger partial charge is 0.348 e. The summed E-state index contributed by atoms with van der Waals surface area (Å²) in [4.78, 5) is 11.8.